The van der Waals surface area contributed by atoms with Crippen molar-refractivity contribution in [2.75, 3.05) is 54.3 Å². The molecule has 28 heavy (non-hydrogen) atoms. The molecule has 2 aromatic rings. The number of benzene rings is 2. The molecule has 0 aliphatic carbocycles. The average Bonchev–Trinajstić information content (AvgIpc) is 2.72. The van der Waals surface area contributed by atoms with Gasteiger partial charge in [-0.3, -0.25) is 4.99 Å². The summed E-state index contributed by atoms with van der Waals surface area (Å²) in [5.74, 6) is 2.86. The smallest absolute Gasteiger partial charge is 0.195 e. The van der Waals surface area contributed by atoms with E-state index in [1.54, 1.807) is 28.4 Å². The molecule has 0 aliphatic rings. The van der Waals surface area contributed by atoms with Gasteiger partial charge in [-0.15, -0.1) is 0 Å². The lowest BCUT2D eigenvalue weighted by molar-refractivity contribution is 0.288. The maximum atomic E-state index is 5.53. The number of nitrogens with zero attached hydrogens (tertiary/aromatic N) is 2. The van der Waals surface area contributed by atoms with Gasteiger partial charge in [-0.25, -0.2) is 0 Å². The monoisotopic (exact) mass is 386 g/mol. The summed E-state index contributed by atoms with van der Waals surface area (Å²) in [5.41, 5.74) is 1.97. The van der Waals surface area contributed by atoms with E-state index in [-0.39, 0.29) is 6.04 Å². The van der Waals surface area contributed by atoms with E-state index in [0.717, 1.165) is 17.0 Å². The van der Waals surface area contributed by atoms with E-state index in [9.17, 15) is 0 Å². The van der Waals surface area contributed by atoms with Crippen molar-refractivity contribution in [1.29, 1.82) is 0 Å². The first-order chi connectivity index (χ1) is 13.5. The van der Waals surface area contributed by atoms with Crippen LogP contribution >= 0.6 is 0 Å². The second kappa shape index (κ2) is 10.4. The SMILES string of the molecule is CN=C(NCC(c1ccccc1OC)N(C)C)Nc1ccc(OC)c(OC)c1. The summed E-state index contributed by atoms with van der Waals surface area (Å²) in [6.45, 7) is 0.653. The summed E-state index contributed by atoms with van der Waals surface area (Å²) in [4.78, 5) is 6.47. The van der Waals surface area contributed by atoms with Gasteiger partial charge in [-0.05, 0) is 32.3 Å². The third kappa shape index (κ3) is 5.29. The lowest BCUT2D eigenvalue weighted by atomic mass is 10.0. The Bertz CT molecular complexity index is 793. The molecule has 7 heteroatoms. The molecule has 0 radical (unpaired) electrons. The standard InChI is InChI=1S/C21H30N4O3/c1-22-21(24-15-11-12-19(27-5)20(13-15)28-6)23-14-17(25(2)3)16-9-7-8-10-18(16)26-4/h7-13,17H,14H2,1-6H3,(H2,22,23,24). The van der Waals surface area contributed by atoms with Crippen LogP contribution in [-0.2, 0) is 0 Å². The normalized spacial score (nSPS) is 12.5. The Morgan fingerprint density at radius 1 is 0.964 bits per heavy atom. The molecule has 0 bridgehead atoms. The van der Waals surface area contributed by atoms with Crippen molar-refractivity contribution in [1.82, 2.24) is 10.2 Å². The van der Waals surface area contributed by atoms with Crippen LogP contribution in [0.5, 0.6) is 17.2 Å². The van der Waals surface area contributed by atoms with Crippen molar-refractivity contribution in [3.8, 4) is 17.2 Å². The molecular formula is C21H30N4O3. The van der Waals surface area contributed by atoms with Crippen molar-refractivity contribution >= 4 is 11.6 Å². The van der Waals surface area contributed by atoms with Crippen molar-refractivity contribution in [3.05, 3.63) is 48.0 Å². The number of hydrogen-bond acceptors (Lipinski definition) is 5. The molecule has 0 saturated carbocycles. The Kier molecular flexibility index (Phi) is 7.95. The number of anilines is 1. The lowest BCUT2D eigenvalue weighted by Crippen LogP contribution is -2.38. The molecule has 2 N–H and O–H groups in total. The Balaban J connectivity index is 2.11. The van der Waals surface area contributed by atoms with Gasteiger partial charge >= 0.3 is 0 Å². The summed E-state index contributed by atoms with van der Waals surface area (Å²) >= 11 is 0. The molecule has 0 amide bonds. The number of methoxy groups -OCH3 is 3. The number of aliphatic imine (C=N–C) groups is 1. The minimum absolute atomic E-state index is 0.111. The highest BCUT2D eigenvalue weighted by Gasteiger charge is 2.18. The zero-order valence-corrected chi connectivity index (χ0v) is 17.4. The second-order valence-electron chi connectivity index (χ2n) is 6.37. The van der Waals surface area contributed by atoms with E-state index < -0.39 is 0 Å². The molecule has 0 aliphatic heterocycles. The first-order valence-electron chi connectivity index (χ1n) is 9.03. The van der Waals surface area contributed by atoms with Crippen molar-refractivity contribution in [2.24, 2.45) is 4.99 Å². The predicted octanol–water partition coefficient (Wildman–Crippen LogP) is 3.00. The van der Waals surface area contributed by atoms with Gasteiger partial charge in [-0.2, -0.15) is 0 Å². The van der Waals surface area contributed by atoms with Crippen LogP contribution in [-0.4, -0.2) is 59.9 Å². The van der Waals surface area contributed by atoms with Gasteiger partial charge in [0.1, 0.15) is 5.75 Å². The first kappa shape index (κ1) is 21.4. The van der Waals surface area contributed by atoms with Gasteiger partial charge in [0.2, 0.25) is 0 Å². The van der Waals surface area contributed by atoms with Crippen LogP contribution < -0.4 is 24.8 Å². The molecule has 1 atom stereocenters. The Hall–Kier alpha value is -2.93. The summed E-state index contributed by atoms with van der Waals surface area (Å²) in [6.07, 6.45) is 0. The number of rotatable bonds is 8. The largest absolute Gasteiger partial charge is 0.496 e. The number of hydrogen-bond donors (Lipinski definition) is 2. The second-order valence-corrected chi connectivity index (χ2v) is 6.37. The third-order valence-electron chi connectivity index (χ3n) is 4.45. The predicted molar refractivity (Wildman–Crippen MR) is 114 cm³/mol. The fraction of sp³-hybridized carbons (Fsp3) is 0.381. The molecule has 152 valence electrons. The molecule has 7 nitrogen and oxygen atoms in total. The van der Waals surface area contributed by atoms with Crippen molar-refractivity contribution in [2.45, 2.75) is 6.04 Å². The maximum absolute atomic E-state index is 5.53. The summed E-state index contributed by atoms with van der Waals surface area (Å²) in [7, 11) is 10.8. The van der Waals surface area contributed by atoms with Crippen LogP contribution in [0.25, 0.3) is 0 Å². The first-order valence-corrected chi connectivity index (χ1v) is 9.03. The summed E-state index contributed by atoms with van der Waals surface area (Å²) in [5, 5.41) is 6.67. The maximum Gasteiger partial charge on any atom is 0.195 e. The van der Waals surface area contributed by atoms with Gasteiger partial charge < -0.3 is 29.7 Å². The Labute approximate surface area is 167 Å². The van der Waals surface area contributed by atoms with Gasteiger partial charge in [0.05, 0.1) is 27.4 Å². The van der Waals surface area contributed by atoms with E-state index in [1.165, 1.54) is 0 Å². The van der Waals surface area contributed by atoms with Gasteiger partial charge in [0, 0.05) is 30.9 Å². The quantitative estimate of drug-likeness (QED) is 0.537. The van der Waals surface area contributed by atoms with Crippen LogP contribution in [0.3, 0.4) is 0 Å². The number of likely N-dealkylation sites (N-methyl/N-ethyl adjacent to an activating group) is 1. The average molecular weight is 386 g/mol. The van der Waals surface area contributed by atoms with Gasteiger partial charge in [-0.1, -0.05) is 18.2 Å². The van der Waals surface area contributed by atoms with E-state index in [2.05, 4.69) is 26.6 Å². The summed E-state index contributed by atoms with van der Waals surface area (Å²) in [6, 6.07) is 13.8. The minimum Gasteiger partial charge on any atom is -0.496 e. The van der Waals surface area contributed by atoms with E-state index >= 15 is 0 Å². The molecule has 2 rings (SSSR count). The van der Waals surface area contributed by atoms with Crippen LogP contribution in [0.15, 0.2) is 47.5 Å². The molecule has 0 spiro atoms. The van der Waals surface area contributed by atoms with Crippen LogP contribution in [0.2, 0.25) is 0 Å². The topological polar surface area (TPSA) is 67.4 Å². The highest BCUT2D eigenvalue weighted by molar-refractivity contribution is 5.93. The van der Waals surface area contributed by atoms with Crippen molar-refractivity contribution in [3.63, 3.8) is 0 Å². The third-order valence-corrected chi connectivity index (χ3v) is 4.45. The Morgan fingerprint density at radius 2 is 1.64 bits per heavy atom. The van der Waals surface area contributed by atoms with Gasteiger partial charge in [0.25, 0.3) is 0 Å². The molecule has 2 aromatic carbocycles. The minimum atomic E-state index is 0.111. The van der Waals surface area contributed by atoms with Gasteiger partial charge in [0.15, 0.2) is 17.5 Å². The molecule has 1 unspecified atom stereocenters. The fourth-order valence-electron chi connectivity index (χ4n) is 2.94. The van der Waals surface area contributed by atoms with E-state index in [4.69, 9.17) is 14.2 Å². The number of ether oxygens (including phenoxy) is 3. The number of guanidine groups is 1. The highest BCUT2D eigenvalue weighted by Crippen LogP contribution is 2.30. The molecule has 0 heterocycles. The molecule has 0 saturated heterocycles. The zero-order valence-electron chi connectivity index (χ0n) is 17.4. The zero-order chi connectivity index (χ0) is 20.5. The van der Waals surface area contributed by atoms with E-state index in [0.29, 0.717) is 24.0 Å². The van der Waals surface area contributed by atoms with Crippen LogP contribution in [0.4, 0.5) is 5.69 Å². The van der Waals surface area contributed by atoms with Crippen LogP contribution in [0.1, 0.15) is 11.6 Å². The highest BCUT2D eigenvalue weighted by atomic mass is 16.5. The number of para-hydroxylation sites is 1. The molecular weight excluding hydrogens is 356 g/mol. The molecule has 0 fully saturated rings. The fourth-order valence-corrected chi connectivity index (χ4v) is 2.94. The summed E-state index contributed by atoms with van der Waals surface area (Å²) < 4.78 is 16.2. The molecule has 0 aromatic heterocycles. The Morgan fingerprint density at radius 3 is 2.25 bits per heavy atom. The van der Waals surface area contributed by atoms with E-state index in [1.807, 2.05) is 50.5 Å². The number of nitrogens with one attached hydrogen (secondary N) is 2. The lowest BCUT2D eigenvalue weighted by Gasteiger charge is -2.27. The van der Waals surface area contributed by atoms with Crippen LogP contribution in [0, 0.1) is 0 Å². The van der Waals surface area contributed by atoms with Crippen molar-refractivity contribution < 1.29 is 14.2 Å².